The number of rotatable bonds is 10. The van der Waals surface area contributed by atoms with Crippen LogP contribution in [-0.4, -0.2) is 48.2 Å². The molecule has 0 bridgehead atoms. The highest BCUT2D eigenvalue weighted by molar-refractivity contribution is 5.92. The van der Waals surface area contributed by atoms with Gasteiger partial charge in [-0.05, 0) is 6.42 Å². The summed E-state index contributed by atoms with van der Waals surface area (Å²) in [7, 11) is 0. The highest BCUT2D eigenvalue weighted by Gasteiger charge is 2.23. The van der Waals surface area contributed by atoms with Crippen LogP contribution in [-0.2, 0) is 24.0 Å². The molecule has 0 heterocycles. The summed E-state index contributed by atoms with van der Waals surface area (Å²) in [5, 5.41) is 4.44. The van der Waals surface area contributed by atoms with Gasteiger partial charge in [0.15, 0.2) is 0 Å². The lowest BCUT2D eigenvalue weighted by molar-refractivity contribution is -0.130. The molecule has 11 nitrogen and oxygen atoms in total. The van der Waals surface area contributed by atoms with E-state index < -0.39 is 48.0 Å². The molecule has 0 radical (unpaired) electrons. The van der Waals surface area contributed by atoms with Crippen molar-refractivity contribution in [1.29, 1.82) is 0 Å². The molecule has 2 atom stereocenters. The number of carbonyl (C=O) groups excluding carboxylic acids is 5. The molecule has 0 aromatic heterocycles. The number of nitrogens with one attached hydrogen (secondary N) is 2. The number of amides is 5. The van der Waals surface area contributed by atoms with Crippen molar-refractivity contribution in [2.75, 3.05) is 6.54 Å². The van der Waals surface area contributed by atoms with Crippen molar-refractivity contribution in [3.05, 3.63) is 0 Å². The fourth-order valence-corrected chi connectivity index (χ4v) is 1.42. The van der Waals surface area contributed by atoms with Gasteiger partial charge in [0.1, 0.15) is 6.04 Å². The van der Waals surface area contributed by atoms with Gasteiger partial charge in [-0.15, -0.1) is 0 Å². The van der Waals surface area contributed by atoms with Gasteiger partial charge in [-0.1, -0.05) is 0 Å². The molecular formula is C11H20N6O5. The second-order valence-electron chi connectivity index (χ2n) is 4.52. The highest BCUT2D eigenvalue weighted by atomic mass is 16.2. The van der Waals surface area contributed by atoms with Crippen molar-refractivity contribution in [2.45, 2.75) is 31.3 Å². The molecular weight excluding hydrogens is 296 g/mol. The van der Waals surface area contributed by atoms with Crippen LogP contribution in [0.2, 0.25) is 0 Å². The van der Waals surface area contributed by atoms with Gasteiger partial charge < -0.3 is 33.6 Å². The zero-order chi connectivity index (χ0) is 17.3. The molecule has 10 N–H and O–H groups in total. The Morgan fingerprint density at radius 2 is 1.55 bits per heavy atom. The minimum Gasteiger partial charge on any atom is -0.370 e. The predicted octanol–water partition coefficient (Wildman–Crippen LogP) is -4.46. The van der Waals surface area contributed by atoms with E-state index in [1.54, 1.807) is 0 Å². The van der Waals surface area contributed by atoms with E-state index >= 15 is 0 Å². The Balaban J connectivity index is 4.40. The maximum atomic E-state index is 11.6. The summed E-state index contributed by atoms with van der Waals surface area (Å²) in [6.07, 6.45) is -0.669. The summed E-state index contributed by atoms with van der Waals surface area (Å²) in [6, 6.07) is -2.37. The lowest BCUT2D eigenvalue weighted by atomic mass is 10.1. The smallest absolute Gasteiger partial charge is 0.240 e. The zero-order valence-corrected chi connectivity index (χ0v) is 11.8. The molecule has 0 saturated carbocycles. The third kappa shape index (κ3) is 8.47. The maximum absolute atomic E-state index is 11.6. The molecule has 0 aromatic carbocycles. The fraction of sp³-hybridized carbons (Fsp3) is 0.545. The Morgan fingerprint density at radius 1 is 0.955 bits per heavy atom. The first-order chi connectivity index (χ1) is 10.1. The molecule has 0 unspecified atom stereocenters. The summed E-state index contributed by atoms with van der Waals surface area (Å²) in [5.74, 6) is -3.70. The molecule has 124 valence electrons. The fourth-order valence-electron chi connectivity index (χ4n) is 1.42. The van der Waals surface area contributed by atoms with Crippen LogP contribution in [0.25, 0.3) is 0 Å². The van der Waals surface area contributed by atoms with Gasteiger partial charge in [0.25, 0.3) is 0 Å². The minimum atomic E-state index is -1.22. The third-order valence-corrected chi connectivity index (χ3v) is 2.54. The lowest BCUT2D eigenvalue weighted by Crippen LogP contribution is -2.51. The highest BCUT2D eigenvalue weighted by Crippen LogP contribution is 1.99. The van der Waals surface area contributed by atoms with E-state index in [-0.39, 0.29) is 19.4 Å². The molecule has 11 heteroatoms. The van der Waals surface area contributed by atoms with E-state index in [9.17, 15) is 24.0 Å². The number of hydrogen-bond donors (Lipinski definition) is 6. The molecule has 0 aliphatic rings. The molecule has 0 aliphatic heterocycles. The summed E-state index contributed by atoms with van der Waals surface area (Å²) in [4.78, 5) is 55.4. The average molecular weight is 316 g/mol. The standard InChI is InChI=1S/C11H20N6O5/c12-5(3-7(13)18)11(22)17-6(10(15)21)1-2-9(20)16-4-8(14)19/h5-6H,1-4,12H2,(H2,13,18)(H2,14,19)(H2,15,21)(H,16,20)(H,17,22)/t5-,6-/m0/s1. The Hall–Kier alpha value is -2.69. The van der Waals surface area contributed by atoms with Gasteiger partial charge >= 0.3 is 0 Å². The van der Waals surface area contributed by atoms with E-state index in [1.165, 1.54) is 0 Å². The van der Waals surface area contributed by atoms with Crippen molar-refractivity contribution in [2.24, 2.45) is 22.9 Å². The molecule has 0 aliphatic carbocycles. The second-order valence-corrected chi connectivity index (χ2v) is 4.52. The summed E-state index contributed by atoms with van der Waals surface area (Å²) < 4.78 is 0. The second kappa shape index (κ2) is 9.28. The van der Waals surface area contributed by atoms with Gasteiger partial charge in [0.2, 0.25) is 29.5 Å². The summed E-state index contributed by atoms with van der Waals surface area (Å²) in [6.45, 7) is -0.337. The molecule has 0 saturated heterocycles. The normalized spacial score (nSPS) is 12.8. The zero-order valence-electron chi connectivity index (χ0n) is 11.8. The predicted molar refractivity (Wildman–Crippen MR) is 74.3 cm³/mol. The van der Waals surface area contributed by atoms with Crippen LogP contribution < -0.4 is 33.6 Å². The van der Waals surface area contributed by atoms with Gasteiger partial charge in [0.05, 0.1) is 19.0 Å². The summed E-state index contributed by atoms with van der Waals surface area (Å²) in [5.41, 5.74) is 20.3. The van der Waals surface area contributed by atoms with Crippen molar-refractivity contribution < 1.29 is 24.0 Å². The van der Waals surface area contributed by atoms with Gasteiger partial charge in [-0.2, -0.15) is 0 Å². The molecule has 5 amide bonds. The Morgan fingerprint density at radius 3 is 2.00 bits per heavy atom. The molecule has 0 spiro atoms. The molecule has 0 rings (SSSR count). The lowest BCUT2D eigenvalue weighted by Gasteiger charge is -2.17. The quantitative estimate of drug-likeness (QED) is 0.233. The number of hydrogen-bond acceptors (Lipinski definition) is 6. The van der Waals surface area contributed by atoms with Crippen LogP contribution >= 0.6 is 0 Å². The maximum Gasteiger partial charge on any atom is 0.240 e. The van der Waals surface area contributed by atoms with E-state index in [2.05, 4.69) is 10.6 Å². The molecule has 0 aromatic rings. The van der Waals surface area contributed by atoms with E-state index in [0.29, 0.717) is 0 Å². The van der Waals surface area contributed by atoms with Crippen LogP contribution in [0.15, 0.2) is 0 Å². The van der Waals surface area contributed by atoms with Gasteiger partial charge in [-0.25, -0.2) is 0 Å². The topological polar surface area (TPSA) is 213 Å². The average Bonchev–Trinajstić information content (AvgIpc) is 2.39. The van der Waals surface area contributed by atoms with E-state index in [1.807, 2.05) is 0 Å². The molecule has 0 fully saturated rings. The third-order valence-electron chi connectivity index (χ3n) is 2.54. The van der Waals surface area contributed by atoms with Crippen LogP contribution in [0, 0.1) is 0 Å². The van der Waals surface area contributed by atoms with Gasteiger partial charge in [-0.3, -0.25) is 24.0 Å². The van der Waals surface area contributed by atoms with Crippen LogP contribution in [0.4, 0.5) is 0 Å². The Labute approximate surface area is 126 Å². The van der Waals surface area contributed by atoms with Crippen molar-refractivity contribution >= 4 is 29.5 Å². The van der Waals surface area contributed by atoms with Crippen LogP contribution in [0.5, 0.6) is 0 Å². The molecule has 22 heavy (non-hydrogen) atoms. The van der Waals surface area contributed by atoms with Crippen LogP contribution in [0.1, 0.15) is 19.3 Å². The van der Waals surface area contributed by atoms with Crippen molar-refractivity contribution in [1.82, 2.24) is 10.6 Å². The minimum absolute atomic E-state index is 0.102. The van der Waals surface area contributed by atoms with E-state index in [0.717, 1.165) is 0 Å². The van der Waals surface area contributed by atoms with E-state index in [4.69, 9.17) is 22.9 Å². The first kappa shape index (κ1) is 19.3. The number of carbonyl (C=O) groups is 5. The Bertz CT molecular complexity index is 466. The number of nitrogens with two attached hydrogens (primary N) is 4. The Kier molecular flexibility index (Phi) is 8.15. The van der Waals surface area contributed by atoms with Crippen molar-refractivity contribution in [3.8, 4) is 0 Å². The summed E-state index contributed by atoms with van der Waals surface area (Å²) >= 11 is 0. The first-order valence-corrected chi connectivity index (χ1v) is 6.32. The SMILES string of the molecule is NC(=O)CNC(=O)CC[C@H](NC(=O)[C@@H](N)CC(N)=O)C(N)=O. The first-order valence-electron chi connectivity index (χ1n) is 6.32. The largest absolute Gasteiger partial charge is 0.370 e. The van der Waals surface area contributed by atoms with Gasteiger partial charge in [0, 0.05) is 6.42 Å². The monoisotopic (exact) mass is 316 g/mol. The van der Waals surface area contributed by atoms with Crippen molar-refractivity contribution in [3.63, 3.8) is 0 Å². The van der Waals surface area contributed by atoms with Crippen LogP contribution in [0.3, 0.4) is 0 Å². The number of primary amides is 3.